The lowest BCUT2D eigenvalue weighted by molar-refractivity contribution is -0.119. The van der Waals surface area contributed by atoms with Gasteiger partial charge in [-0.3, -0.25) is 9.59 Å². The number of amides is 1. The molecule has 1 aromatic heterocycles. The number of hydrogen-bond acceptors (Lipinski definition) is 4. The van der Waals surface area contributed by atoms with Crippen LogP contribution >= 0.6 is 0 Å². The van der Waals surface area contributed by atoms with Gasteiger partial charge in [0.15, 0.2) is 12.4 Å². The van der Waals surface area contributed by atoms with Gasteiger partial charge in [-0.25, -0.2) is 4.79 Å². The Labute approximate surface area is 140 Å². The zero-order valence-corrected chi connectivity index (χ0v) is 14.2. The number of ketones is 1. The molecule has 1 heterocycles. The van der Waals surface area contributed by atoms with Gasteiger partial charge < -0.3 is 14.6 Å². The van der Waals surface area contributed by atoms with Crippen molar-refractivity contribution in [1.82, 2.24) is 4.57 Å². The first-order valence-corrected chi connectivity index (χ1v) is 7.49. The number of carbonyl (C=O) groups is 3. The van der Waals surface area contributed by atoms with Gasteiger partial charge in [-0.15, -0.1) is 0 Å². The van der Waals surface area contributed by atoms with Crippen molar-refractivity contribution in [3.8, 4) is 0 Å². The molecule has 0 saturated heterocycles. The third-order valence-electron chi connectivity index (χ3n) is 3.46. The minimum absolute atomic E-state index is 0.141. The van der Waals surface area contributed by atoms with Gasteiger partial charge in [0.1, 0.15) is 5.69 Å². The molecule has 2 aromatic rings. The average Bonchev–Trinajstić information content (AvgIpc) is 2.86. The van der Waals surface area contributed by atoms with Crippen LogP contribution in [0, 0.1) is 13.8 Å². The summed E-state index contributed by atoms with van der Waals surface area (Å²) in [5.74, 6) is -1.22. The number of aromatic nitrogens is 1. The smallest absolute Gasteiger partial charge is 0.355 e. The highest BCUT2D eigenvalue weighted by Gasteiger charge is 2.16. The van der Waals surface area contributed by atoms with E-state index in [9.17, 15) is 14.4 Å². The van der Waals surface area contributed by atoms with Crippen molar-refractivity contribution < 1.29 is 19.1 Å². The molecule has 0 saturated carbocycles. The average molecular weight is 328 g/mol. The van der Waals surface area contributed by atoms with Crippen LogP contribution in [0.4, 0.5) is 5.69 Å². The van der Waals surface area contributed by atoms with E-state index in [2.05, 4.69) is 5.32 Å². The number of anilines is 1. The minimum Gasteiger partial charge on any atom is -0.451 e. The third kappa shape index (κ3) is 4.32. The van der Waals surface area contributed by atoms with Crippen molar-refractivity contribution in [2.45, 2.75) is 20.8 Å². The van der Waals surface area contributed by atoms with E-state index in [0.717, 1.165) is 11.1 Å². The predicted molar refractivity (Wildman–Crippen MR) is 90.2 cm³/mol. The van der Waals surface area contributed by atoms with Crippen LogP contribution in [-0.4, -0.2) is 28.8 Å². The Hall–Kier alpha value is -2.89. The highest BCUT2D eigenvalue weighted by atomic mass is 16.5. The van der Waals surface area contributed by atoms with Gasteiger partial charge in [0.05, 0.1) is 0 Å². The SMILES string of the molecule is CC(=O)c1cc(C(=O)OCC(=O)Nc2cc(C)cc(C)c2)n(C)c1. The van der Waals surface area contributed by atoms with E-state index >= 15 is 0 Å². The number of nitrogens with zero attached hydrogens (tertiary/aromatic N) is 1. The van der Waals surface area contributed by atoms with Crippen LogP contribution in [0.5, 0.6) is 0 Å². The molecule has 6 nitrogen and oxygen atoms in total. The highest BCUT2D eigenvalue weighted by Crippen LogP contribution is 2.14. The fraction of sp³-hybridized carbons (Fsp3) is 0.278. The van der Waals surface area contributed by atoms with Crippen molar-refractivity contribution in [3.05, 3.63) is 52.8 Å². The molecule has 24 heavy (non-hydrogen) atoms. The molecule has 6 heteroatoms. The number of aryl methyl sites for hydroxylation is 3. The van der Waals surface area contributed by atoms with Crippen LogP contribution in [0.15, 0.2) is 30.5 Å². The molecule has 1 amide bonds. The summed E-state index contributed by atoms with van der Waals surface area (Å²) < 4.78 is 6.51. The molecular formula is C18H20N2O4. The molecule has 2 rings (SSSR count). The van der Waals surface area contributed by atoms with Crippen molar-refractivity contribution in [2.24, 2.45) is 7.05 Å². The minimum atomic E-state index is -0.652. The quantitative estimate of drug-likeness (QED) is 0.676. The summed E-state index contributed by atoms with van der Waals surface area (Å²) >= 11 is 0. The summed E-state index contributed by atoms with van der Waals surface area (Å²) in [7, 11) is 1.64. The molecular weight excluding hydrogens is 308 g/mol. The van der Waals surface area contributed by atoms with Gasteiger partial charge >= 0.3 is 5.97 Å². The molecule has 0 fully saturated rings. The van der Waals surface area contributed by atoms with Crippen molar-refractivity contribution >= 4 is 23.3 Å². The first-order valence-electron chi connectivity index (χ1n) is 7.49. The maximum absolute atomic E-state index is 12.0. The molecule has 0 unspecified atom stereocenters. The summed E-state index contributed by atoms with van der Waals surface area (Å²) in [5, 5.41) is 2.69. The summed E-state index contributed by atoms with van der Waals surface area (Å²) in [6, 6.07) is 7.12. The number of esters is 1. The molecule has 1 N–H and O–H groups in total. The summed E-state index contributed by atoms with van der Waals surface area (Å²) in [6.45, 7) is 4.89. The van der Waals surface area contributed by atoms with Gasteiger partial charge in [-0.1, -0.05) is 6.07 Å². The maximum Gasteiger partial charge on any atom is 0.355 e. The van der Waals surface area contributed by atoms with Gasteiger partial charge in [0, 0.05) is 24.5 Å². The fourth-order valence-corrected chi connectivity index (χ4v) is 2.41. The number of rotatable bonds is 5. The van der Waals surface area contributed by atoms with Crippen LogP contribution in [0.25, 0.3) is 0 Å². The first kappa shape index (κ1) is 17.5. The molecule has 0 aliphatic rings. The van der Waals surface area contributed by atoms with E-state index in [-0.39, 0.29) is 11.5 Å². The normalized spacial score (nSPS) is 10.3. The molecule has 0 bridgehead atoms. The fourth-order valence-electron chi connectivity index (χ4n) is 2.41. The van der Waals surface area contributed by atoms with Crippen LogP contribution in [-0.2, 0) is 16.6 Å². The Kier molecular flexibility index (Phi) is 5.18. The standard InChI is InChI=1S/C18H20N2O4/c1-11-5-12(2)7-15(6-11)19-17(22)10-24-18(23)16-8-14(13(3)21)9-20(16)4/h5-9H,10H2,1-4H3,(H,19,22). The Balaban J connectivity index is 1.96. The van der Waals surface area contributed by atoms with Crippen LogP contribution < -0.4 is 5.32 Å². The molecule has 0 spiro atoms. The van der Waals surface area contributed by atoms with Gasteiger partial charge in [-0.2, -0.15) is 0 Å². The second-order valence-electron chi connectivity index (χ2n) is 5.78. The molecule has 1 aromatic carbocycles. The zero-order chi connectivity index (χ0) is 17.9. The number of carbonyl (C=O) groups excluding carboxylic acids is 3. The van der Waals surface area contributed by atoms with E-state index in [1.807, 2.05) is 32.0 Å². The summed E-state index contributed by atoms with van der Waals surface area (Å²) in [6.07, 6.45) is 1.55. The Morgan fingerprint density at radius 1 is 1.08 bits per heavy atom. The molecule has 0 aliphatic heterocycles. The predicted octanol–water partition coefficient (Wildman–Crippen LogP) is 2.64. The lowest BCUT2D eigenvalue weighted by Crippen LogP contribution is -2.21. The number of ether oxygens (including phenoxy) is 1. The number of nitrogens with one attached hydrogen (secondary N) is 1. The zero-order valence-electron chi connectivity index (χ0n) is 14.2. The molecule has 0 atom stereocenters. The largest absolute Gasteiger partial charge is 0.451 e. The molecule has 0 radical (unpaired) electrons. The van der Waals surface area contributed by atoms with Gasteiger partial charge in [-0.05, 0) is 50.1 Å². The third-order valence-corrected chi connectivity index (χ3v) is 3.46. The Bertz CT molecular complexity index is 785. The van der Waals surface area contributed by atoms with Crippen molar-refractivity contribution in [2.75, 3.05) is 11.9 Å². The second kappa shape index (κ2) is 7.12. The molecule has 126 valence electrons. The number of Topliss-reactive ketones (excluding diaryl/α,β-unsaturated/α-hetero) is 1. The van der Waals surface area contributed by atoms with Crippen molar-refractivity contribution in [1.29, 1.82) is 0 Å². The lowest BCUT2D eigenvalue weighted by Gasteiger charge is -2.08. The van der Waals surface area contributed by atoms with Crippen LogP contribution in [0.1, 0.15) is 38.9 Å². The van der Waals surface area contributed by atoms with E-state index in [4.69, 9.17) is 4.74 Å². The van der Waals surface area contributed by atoms with Crippen LogP contribution in [0.3, 0.4) is 0 Å². The summed E-state index contributed by atoms with van der Waals surface area (Å²) in [5.41, 5.74) is 3.36. The summed E-state index contributed by atoms with van der Waals surface area (Å²) in [4.78, 5) is 35.3. The lowest BCUT2D eigenvalue weighted by atomic mass is 10.1. The first-order chi connectivity index (χ1) is 11.3. The molecule has 0 aliphatic carbocycles. The van der Waals surface area contributed by atoms with E-state index in [0.29, 0.717) is 11.3 Å². The monoisotopic (exact) mass is 328 g/mol. The Morgan fingerprint density at radius 2 is 1.71 bits per heavy atom. The topological polar surface area (TPSA) is 77.4 Å². The maximum atomic E-state index is 12.0. The number of hydrogen-bond donors (Lipinski definition) is 1. The highest BCUT2D eigenvalue weighted by molar-refractivity contribution is 5.99. The second-order valence-corrected chi connectivity index (χ2v) is 5.78. The van der Waals surface area contributed by atoms with Gasteiger partial charge in [0.2, 0.25) is 0 Å². The van der Waals surface area contributed by atoms with E-state index in [1.54, 1.807) is 13.2 Å². The van der Waals surface area contributed by atoms with Gasteiger partial charge in [0.25, 0.3) is 5.91 Å². The van der Waals surface area contributed by atoms with Crippen molar-refractivity contribution in [3.63, 3.8) is 0 Å². The van der Waals surface area contributed by atoms with E-state index < -0.39 is 18.5 Å². The number of benzene rings is 1. The van der Waals surface area contributed by atoms with Crippen LogP contribution in [0.2, 0.25) is 0 Å². The van der Waals surface area contributed by atoms with E-state index in [1.165, 1.54) is 17.6 Å². The Morgan fingerprint density at radius 3 is 2.25 bits per heavy atom.